The smallest absolute Gasteiger partial charge is 0.397 e. The normalized spacial score (nSPS) is 13.1. The quantitative estimate of drug-likeness (QED) is 0.292. The molecule has 0 saturated heterocycles. The molecule has 0 fully saturated rings. The Bertz CT molecular complexity index is 1240. The summed E-state index contributed by atoms with van der Waals surface area (Å²) in [6.07, 6.45) is -4.66. The second kappa shape index (κ2) is 9.09. The van der Waals surface area contributed by atoms with Gasteiger partial charge in [0, 0.05) is 18.2 Å². The molecule has 0 saturated carbocycles. The van der Waals surface area contributed by atoms with E-state index in [9.17, 15) is 22.8 Å². The number of anilines is 4. The largest absolute Gasteiger partial charge is 0.402 e. The van der Waals surface area contributed by atoms with Crippen molar-refractivity contribution in [2.24, 2.45) is 0 Å². The second-order valence-electron chi connectivity index (χ2n) is 8.06. The summed E-state index contributed by atoms with van der Waals surface area (Å²) in [5.41, 5.74) is 11.0. The third-order valence-corrected chi connectivity index (χ3v) is 5.90. The zero-order valence-corrected chi connectivity index (χ0v) is 18.9. The summed E-state index contributed by atoms with van der Waals surface area (Å²) in [5, 5.41) is 5.42. The van der Waals surface area contributed by atoms with Crippen molar-refractivity contribution in [1.29, 1.82) is 0 Å². The average Bonchev–Trinajstić information content (AvgIpc) is 2.79. The summed E-state index contributed by atoms with van der Waals surface area (Å²) in [4.78, 5) is 23.9. The van der Waals surface area contributed by atoms with Crippen LogP contribution in [0.4, 0.5) is 35.9 Å². The van der Waals surface area contributed by atoms with E-state index in [-0.39, 0.29) is 39.5 Å². The third kappa shape index (κ3) is 4.54. The molecule has 34 heavy (non-hydrogen) atoms. The van der Waals surface area contributed by atoms with Gasteiger partial charge >= 0.3 is 6.18 Å². The fourth-order valence-electron chi connectivity index (χ4n) is 3.63. The molecule has 1 amide bonds. The Balaban J connectivity index is 1.95. The van der Waals surface area contributed by atoms with Gasteiger partial charge in [0.05, 0.1) is 22.7 Å². The first-order chi connectivity index (χ1) is 15.9. The Morgan fingerprint density at radius 1 is 0.794 bits per heavy atom. The van der Waals surface area contributed by atoms with E-state index >= 15 is 0 Å². The number of ketones is 1. The summed E-state index contributed by atoms with van der Waals surface area (Å²) >= 11 is 0. The van der Waals surface area contributed by atoms with E-state index in [0.717, 1.165) is 6.92 Å². The van der Waals surface area contributed by atoms with E-state index in [1.165, 1.54) is 67.6 Å². The van der Waals surface area contributed by atoms with Crippen molar-refractivity contribution >= 4 is 34.4 Å². The van der Waals surface area contributed by atoms with Gasteiger partial charge in [-0.3, -0.25) is 9.59 Å². The van der Waals surface area contributed by atoms with Gasteiger partial charge in [0.15, 0.2) is 5.78 Å². The highest BCUT2D eigenvalue weighted by Gasteiger charge is 2.53. The van der Waals surface area contributed by atoms with Gasteiger partial charge in [0.2, 0.25) is 0 Å². The number of benzene rings is 3. The molecule has 3 rings (SSSR count). The maximum Gasteiger partial charge on any atom is 0.402 e. The van der Waals surface area contributed by atoms with Crippen molar-refractivity contribution in [3.63, 3.8) is 0 Å². The topological polar surface area (TPSA) is 110 Å². The zero-order chi connectivity index (χ0) is 25.3. The number of Topliss-reactive ketones (excluding diaryl/α,β-unsaturated/α-hetero) is 1. The van der Waals surface area contributed by atoms with Crippen LogP contribution in [0.2, 0.25) is 0 Å². The Morgan fingerprint density at radius 2 is 1.26 bits per heavy atom. The summed E-state index contributed by atoms with van der Waals surface area (Å²) in [7, 11) is 1.62. The first-order valence-electron chi connectivity index (χ1n) is 10.3. The molecule has 3 aromatic carbocycles. The van der Waals surface area contributed by atoms with Gasteiger partial charge < -0.3 is 22.1 Å². The molecule has 3 aromatic rings. The monoisotopic (exact) mass is 470 g/mol. The minimum atomic E-state index is -4.66. The van der Waals surface area contributed by atoms with Gasteiger partial charge in [-0.2, -0.15) is 13.2 Å². The van der Waals surface area contributed by atoms with E-state index in [1.54, 1.807) is 7.05 Å². The Labute approximate surface area is 195 Å². The summed E-state index contributed by atoms with van der Waals surface area (Å²) in [5.74, 6) is -0.648. The molecule has 0 aliphatic rings. The number of hydrogen-bond acceptors (Lipinski definition) is 5. The van der Waals surface area contributed by atoms with Crippen molar-refractivity contribution in [3.05, 3.63) is 82.9 Å². The Kier molecular flexibility index (Phi) is 6.58. The van der Waals surface area contributed by atoms with Crippen molar-refractivity contribution < 1.29 is 22.8 Å². The molecule has 0 spiro atoms. The van der Waals surface area contributed by atoms with E-state index in [4.69, 9.17) is 11.5 Å². The highest BCUT2D eigenvalue weighted by molar-refractivity contribution is 6.06. The van der Waals surface area contributed by atoms with Crippen LogP contribution < -0.4 is 22.1 Å². The van der Waals surface area contributed by atoms with Crippen LogP contribution in [0.25, 0.3) is 0 Å². The molecule has 178 valence electrons. The molecule has 0 radical (unpaired) electrons. The average molecular weight is 470 g/mol. The molecule has 0 aliphatic heterocycles. The highest BCUT2D eigenvalue weighted by atomic mass is 19.4. The first kappa shape index (κ1) is 24.6. The van der Waals surface area contributed by atoms with Crippen molar-refractivity contribution in [3.8, 4) is 0 Å². The maximum atomic E-state index is 14.4. The molecule has 0 heterocycles. The minimum Gasteiger partial charge on any atom is -0.397 e. The number of nitrogens with two attached hydrogens (primary N) is 2. The summed E-state index contributed by atoms with van der Waals surface area (Å²) in [6, 6.07) is 14.0. The van der Waals surface area contributed by atoms with Gasteiger partial charge in [-0.05, 0) is 61.4 Å². The van der Waals surface area contributed by atoms with E-state index in [1.807, 2.05) is 0 Å². The maximum absolute atomic E-state index is 14.4. The number of halogens is 3. The van der Waals surface area contributed by atoms with Gasteiger partial charge in [-0.1, -0.05) is 24.3 Å². The molecule has 0 aromatic heterocycles. The molecule has 1 unspecified atom stereocenters. The SMILES string of the molecule is CNc1ccc(C(C)(c2ccc(NC(=O)c3ccc(C(C)=O)cc3)c(N)c2)C(F)(F)F)cc1N. The molecule has 0 aliphatic carbocycles. The number of carbonyl (C=O) groups excluding carboxylic acids is 2. The lowest BCUT2D eigenvalue weighted by Gasteiger charge is -2.34. The van der Waals surface area contributed by atoms with Crippen LogP contribution in [0.5, 0.6) is 0 Å². The number of rotatable bonds is 6. The Morgan fingerprint density at radius 3 is 1.68 bits per heavy atom. The number of amides is 1. The minimum absolute atomic E-state index is 0.0264. The lowest BCUT2D eigenvalue weighted by Crippen LogP contribution is -2.40. The molecule has 6 nitrogen and oxygen atoms in total. The lowest BCUT2D eigenvalue weighted by molar-refractivity contribution is -0.173. The van der Waals surface area contributed by atoms with Crippen LogP contribution in [0, 0.1) is 0 Å². The zero-order valence-electron chi connectivity index (χ0n) is 18.9. The summed E-state index contributed by atoms with van der Waals surface area (Å²) in [6.45, 7) is 2.47. The Hall–Kier alpha value is -4.01. The lowest BCUT2D eigenvalue weighted by atomic mass is 9.75. The van der Waals surface area contributed by atoms with Crippen LogP contribution in [0.3, 0.4) is 0 Å². The molecular weight excluding hydrogens is 445 g/mol. The van der Waals surface area contributed by atoms with Crippen molar-refractivity contribution in [2.75, 3.05) is 29.1 Å². The fourth-order valence-corrected chi connectivity index (χ4v) is 3.63. The van der Waals surface area contributed by atoms with Crippen LogP contribution in [-0.2, 0) is 5.41 Å². The van der Waals surface area contributed by atoms with Gasteiger partial charge in [-0.25, -0.2) is 0 Å². The number of carbonyl (C=O) groups is 2. The molecule has 1 atom stereocenters. The van der Waals surface area contributed by atoms with Crippen LogP contribution >= 0.6 is 0 Å². The predicted octanol–water partition coefficient (Wildman–Crippen LogP) is 5.22. The molecular formula is C25H25F3N4O2. The van der Waals surface area contributed by atoms with Crippen LogP contribution in [0.15, 0.2) is 60.7 Å². The summed E-state index contributed by atoms with van der Waals surface area (Å²) < 4.78 is 43.1. The number of hydrogen-bond donors (Lipinski definition) is 4. The first-order valence-corrected chi connectivity index (χ1v) is 10.3. The van der Waals surface area contributed by atoms with E-state index < -0.39 is 17.5 Å². The molecule has 0 bridgehead atoms. The van der Waals surface area contributed by atoms with Gasteiger partial charge in [-0.15, -0.1) is 0 Å². The fraction of sp³-hybridized carbons (Fsp3) is 0.200. The third-order valence-electron chi connectivity index (χ3n) is 5.90. The van der Waals surface area contributed by atoms with Crippen LogP contribution in [-0.4, -0.2) is 24.9 Å². The van der Waals surface area contributed by atoms with Gasteiger partial charge in [0.1, 0.15) is 5.41 Å². The number of nitrogen functional groups attached to an aromatic ring is 2. The van der Waals surface area contributed by atoms with E-state index in [2.05, 4.69) is 10.6 Å². The molecule has 9 heteroatoms. The van der Waals surface area contributed by atoms with Crippen molar-refractivity contribution in [2.45, 2.75) is 25.4 Å². The predicted molar refractivity (Wildman–Crippen MR) is 128 cm³/mol. The van der Waals surface area contributed by atoms with Crippen molar-refractivity contribution in [1.82, 2.24) is 0 Å². The molecule has 6 N–H and O–H groups in total. The van der Waals surface area contributed by atoms with Crippen LogP contribution in [0.1, 0.15) is 45.7 Å². The second-order valence-corrected chi connectivity index (χ2v) is 8.06. The van der Waals surface area contributed by atoms with E-state index in [0.29, 0.717) is 11.3 Å². The highest BCUT2D eigenvalue weighted by Crippen LogP contribution is 2.47. The standard InChI is InChI=1S/C25H25F3N4O2/c1-14(33)15-4-6-16(7-5-15)23(34)32-22-11-9-18(13-20(22)30)24(2,25(26,27)28)17-8-10-21(31-3)19(29)12-17/h4-13,31H,29-30H2,1-3H3,(H,32,34). The van der Waals surface area contributed by atoms with Gasteiger partial charge in [0.25, 0.3) is 5.91 Å². The number of nitrogens with one attached hydrogen (secondary N) is 2. The number of alkyl halides is 3.